The maximum absolute atomic E-state index is 6.30. The molecule has 1 aromatic heterocycles. The first kappa shape index (κ1) is 13.4. The van der Waals surface area contributed by atoms with Gasteiger partial charge in [-0.3, -0.25) is 4.68 Å². The van der Waals surface area contributed by atoms with Crippen LogP contribution in [-0.2, 0) is 6.54 Å². The third kappa shape index (κ3) is 2.26. The van der Waals surface area contributed by atoms with Gasteiger partial charge in [-0.1, -0.05) is 41.4 Å². The van der Waals surface area contributed by atoms with Crippen molar-refractivity contribution in [3.05, 3.63) is 51.3 Å². The first-order valence-corrected chi connectivity index (χ1v) is 6.53. The van der Waals surface area contributed by atoms with E-state index in [-0.39, 0.29) is 6.04 Å². The molecule has 5 heteroatoms. The van der Waals surface area contributed by atoms with Crippen molar-refractivity contribution in [2.45, 2.75) is 26.4 Å². The molecule has 0 bridgehead atoms. The van der Waals surface area contributed by atoms with Crippen molar-refractivity contribution >= 4 is 23.2 Å². The summed E-state index contributed by atoms with van der Waals surface area (Å²) in [6, 6.07) is 5.45. The van der Waals surface area contributed by atoms with Crippen LogP contribution in [0.5, 0.6) is 0 Å². The summed E-state index contributed by atoms with van der Waals surface area (Å²) in [6.07, 6.45) is 1.62. The average molecular weight is 284 g/mol. The van der Waals surface area contributed by atoms with Crippen molar-refractivity contribution in [3.63, 3.8) is 0 Å². The standard InChI is InChI=1S/C13H15Cl2N3/c1-3-18-13(10(14)7-17-18)12(16)9-6-4-5-8(2)11(9)15/h4-7,12H,3,16H2,1-2H3. The van der Waals surface area contributed by atoms with E-state index < -0.39 is 0 Å². The molecule has 96 valence electrons. The molecule has 1 aromatic carbocycles. The summed E-state index contributed by atoms with van der Waals surface area (Å²) in [5.74, 6) is 0. The minimum absolute atomic E-state index is 0.368. The second-order valence-corrected chi connectivity index (χ2v) is 4.93. The lowest BCUT2D eigenvalue weighted by molar-refractivity contribution is 0.601. The van der Waals surface area contributed by atoms with Crippen molar-refractivity contribution in [1.29, 1.82) is 0 Å². The summed E-state index contributed by atoms with van der Waals surface area (Å²) in [5.41, 5.74) is 8.95. The maximum Gasteiger partial charge on any atom is 0.0837 e. The predicted molar refractivity (Wildman–Crippen MR) is 75.1 cm³/mol. The van der Waals surface area contributed by atoms with Crippen LogP contribution >= 0.6 is 23.2 Å². The molecular weight excluding hydrogens is 269 g/mol. The zero-order valence-corrected chi connectivity index (χ0v) is 11.8. The first-order chi connectivity index (χ1) is 8.56. The highest BCUT2D eigenvalue weighted by atomic mass is 35.5. The summed E-state index contributed by atoms with van der Waals surface area (Å²) >= 11 is 12.5. The molecule has 2 rings (SSSR count). The van der Waals surface area contributed by atoms with E-state index in [1.807, 2.05) is 32.0 Å². The van der Waals surface area contributed by atoms with Crippen molar-refractivity contribution in [1.82, 2.24) is 9.78 Å². The van der Waals surface area contributed by atoms with Crippen LogP contribution < -0.4 is 5.73 Å². The Labute approximate surface area is 117 Å². The van der Waals surface area contributed by atoms with Gasteiger partial charge in [0.2, 0.25) is 0 Å². The highest BCUT2D eigenvalue weighted by molar-refractivity contribution is 6.32. The van der Waals surface area contributed by atoms with Crippen molar-refractivity contribution in [3.8, 4) is 0 Å². The monoisotopic (exact) mass is 283 g/mol. The number of benzene rings is 1. The smallest absolute Gasteiger partial charge is 0.0837 e. The van der Waals surface area contributed by atoms with Crippen LogP contribution in [0.3, 0.4) is 0 Å². The fourth-order valence-electron chi connectivity index (χ4n) is 1.99. The van der Waals surface area contributed by atoms with Crippen molar-refractivity contribution in [2.24, 2.45) is 5.73 Å². The second kappa shape index (κ2) is 5.31. The molecule has 18 heavy (non-hydrogen) atoms. The molecule has 0 saturated heterocycles. The van der Waals surface area contributed by atoms with Crippen LogP contribution in [0.1, 0.15) is 29.8 Å². The summed E-state index contributed by atoms with van der Waals surface area (Å²) in [7, 11) is 0. The third-order valence-electron chi connectivity index (χ3n) is 2.98. The summed E-state index contributed by atoms with van der Waals surface area (Å²) in [4.78, 5) is 0. The van der Waals surface area contributed by atoms with E-state index in [1.165, 1.54) is 0 Å². The Kier molecular flexibility index (Phi) is 3.95. The normalized spacial score (nSPS) is 12.7. The molecule has 0 saturated carbocycles. The van der Waals surface area contributed by atoms with Gasteiger partial charge in [0.1, 0.15) is 0 Å². The SMILES string of the molecule is CCn1ncc(Cl)c1C(N)c1cccc(C)c1Cl. The highest BCUT2D eigenvalue weighted by Gasteiger charge is 2.20. The Morgan fingerprint density at radius 2 is 2.11 bits per heavy atom. The molecule has 1 atom stereocenters. The lowest BCUT2D eigenvalue weighted by Crippen LogP contribution is -2.18. The Hall–Kier alpha value is -1.03. The summed E-state index contributed by atoms with van der Waals surface area (Å²) in [5, 5.41) is 5.45. The van der Waals surface area contributed by atoms with Gasteiger partial charge in [0, 0.05) is 11.6 Å². The van der Waals surface area contributed by atoms with E-state index in [0.717, 1.165) is 23.4 Å². The van der Waals surface area contributed by atoms with Gasteiger partial charge in [-0.05, 0) is 25.0 Å². The van der Waals surface area contributed by atoms with Crippen molar-refractivity contribution in [2.75, 3.05) is 0 Å². The highest BCUT2D eigenvalue weighted by Crippen LogP contribution is 2.32. The molecule has 2 aromatic rings. The second-order valence-electron chi connectivity index (χ2n) is 4.15. The van der Waals surface area contributed by atoms with Crippen LogP contribution in [-0.4, -0.2) is 9.78 Å². The predicted octanol–water partition coefficient (Wildman–Crippen LogP) is 3.57. The molecule has 0 radical (unpaired) electrons. The molecule has 0 spiro atoms. The molecule has 0 aliphatic rings. The molecule has 1 unspecified atom stereocenters. The van der Waals surface area contributed by atoms with E-state index in [4.69, 9.17) is 28.9 Å². The van der Waals surface area contributed by atoms with Crippen LogP contribution in [0.25, 0.3) is 0 Å². The van der Waals surface area contributed by atoms with Crippen LogP contribution in [0.4, 0.5) is 0 Å². The van der Waals surface area contributed by atoms with Gasteiger partial charge in [0.25, 0.3) is 0 Å². The lowest BCUT2D eigenvalue weighted by Gasteiger charge is -2.17. The Morgan fingerprint density at radius 1 is 1.39 bits per heavy atom. The molecule has 0 aliphatic heterocycles. The topological polar surface area (TPSA) is 43.8 Å². The van der Waals surface area contributed by atoms with Crippen LogP contribution in [0.2, 0.25) is 10.0 Å². The van der Waals surface area contributed by atoms with E-state index in [1.54, 1.807) is 10.9 Å². The largest absolute Gasteiger partial charge is 0.319 e. The van der Waals surface area contributed by atoms with Crippen LogP contribution in [0, 0.1) is 6.92 Å². The third-order valence-corrected chi connectivity index (χ3v) is 3.79. The number of aryl methyl sites for hydroxylation is 2. The number of aromatic nitrogens is 2. The van der Waals surface area contributed by atoms with Crippen molar-refractivity contribution < 1.29 is 0 Å². The minimum Gasteiger partial charge on any atom is -0.319 e. The maximum atomic E-state index is 6.30. The Balaban J connectivity index is 2.51. The van der Waals surface area contributed by atoms with Gasteiger partial charge >= 0.3 is 0 Å². The van der Waals surface area contributed by atoms with Gasteiger partial charge < -0.3 is 5.73 Å². The van der Waals surface area contributed by atoms with Crippen LogP contribution in [0.15, 0.2) is 24.4 Å². The number of hydrogen-bond acceptors (Lipinski definition) is 2. The first-order valence-electron chi connectivity index (χ1n) is 5.78. The fourth-order valence-corrected chi connectivity index (χ4v) is 2.49. The van der Waals surface area contributed by atoms with Gasteiger partial charge in [0.15, 0.2) is 0 Å². The summed E-state index contributed by atoms with van der Waals surface area (Å²) in [6.45, 7) is 4.67. The zero-order chi connectivity index (χ0) is 13.3. The Morgan fingerprint density at radius 3 is 2.78 bits per heavy atom. The molecule has 1 heterocycles. The fraction of sp³-hybridized carbons (Fsp3) is 0.308. The van der Waals surface area contributed by atoms with E-state index in [9.17, 15) is 0 Å². The van der Waals surface area contributed by atoms with E-state index >= 15 is 0 Å². The lowest BCUT2D eigenvalue weighted by atomic mass is 10.0. The average Bonchev–Trinajstić information content (AvgIpc) is 2.73. The quantitative estimate of drug-likeness (QED) is 0.936. The van der Waals surface area contributed by atoms with E-state index in [0.29, 0.717) is 10.0 Å². The molecule has 0 fully saturated rings. The molecule has 3 nitrogen and oxygen atoms in total. The van der Waals surface area contributed by atoms with E-state index in [2.05, 4.69) is 5.10 Å². The van der Waals surface area contributed by atoms with Gasteiger partial charge in [-0.15, -0.1) is 0 Å². The van der Waals surface area contributed by atoms with Gasteiger partial charge in [0.05, 0.1) is 23.0 Å². The number of nitrogens with zero attached hydrogens (tertiary/aromatic N) is 2. The number of rotatable bonds is 3. The van der Waals surface area contributed by atoms with Gasteiger partial charge in [-0.25, -0.2) is 0 Å². The summed E-state index contributed by atoms with van der Waals surface area (Å²) < 4.78 is 1.80. The molecular formula is C13H15Cl2N3. The molecule has 0 aliphatic carbocycles. The Bertz CT molecular complexity index is 563. The number of halogens is 2. The minimum atomic E-state index is -0.368. The zero-order valence-electron chi connectivity index (χ0n) is 10.3. The molecule has 2 N–H and O–H groups in total. The number of nitrogens with two attached hydrogens (primary N) is 1. The number of hydrogen-bond donors (Lipinski definition) is 1. The molecule has 0 amide bonds. The van der Waals surface area contributed by atoms with Gasteiger partial charge in [-0.2, -0.15) is 5.10 Å².